The number of cyclic esters (lactones) is 2. The number of nitrogens with zero attached hydrogens (tertiary/aromatic N) is 4. The van der Waals surface area contributed by atoms with Gasteiger partial charge in [-0.25, -0.2) is 10.9 Å². The topological polar surface area (TPSA) is 278 Å². The molecule has 4 saturated heterocycles. The van der Waals surface area contributed by atoms with Crippen LogP contribution >= 0.6 is 0 Å². The number of ether oxygens (including phenoxy) is 4. The summed E-state index contributed by atoms with van der Waals surface area (Å²) in [5.74, 6) is -4.06. The molecular weight excluding hydrogens is 1150 g/mol. The van der Waals surface area contributed by atoms with Crippen LogP contribution in [0.1, 0.15) is 169 Å². The van der Waals surface area contributed by atoms with E-state index in [-0.39, 0.29) is 47.5 Å². The van der Waals surface area contributed by atoms with Crippen molar-refractivity contribution in [3.63, 3.8) is 0 Å². The summed E-state index contributed by atoms with van der Waals surface area (Å²) >= 11 is 0. The third kappa shape index (κ3) is 15.6. The SMILES string of the molecule is CC(C)[C@@H]1OC(=O)C2(/C=C/c3ccc4ccc(nc4c3)[C@@H](C)NC(=O)[C@@H]3CCCN(N3)C(=O)[C@H](C)NC1=O)CCOC(C)(C)C2.CC(C)[C@@H]1OC(=O)[C@@]2(/C=C/c3ccc4ccc(nc4c3)[C@@H](C)NC(=O)[C@@H]3CCCN(N3)C(=O)[C@H](C)NC1=O)CCOC(C)(C)C2. The average Bonchev–Trinajstić information content (AvgIpc) is 0.850. The molecule has 2 aromatic carbocycles. The number of carbonyl (C=O) groups is 8. The van der Waals surface area contributed by atoms with E-state index in [0.717, 1.165) is 32.9 Å². The van der Waals surface area contributed by atoms with Gasteiger partial charge in [0.15, 0.2) is 12.2 Å². The Labute approximate surface area is 527 Å². The lowest BCUT2D eigenvalue weighted by atomic mass is 9.73. The number of amides is 6. The number of nitrogens with one attached hydrogen (secondary N) is 6. The predicted octanol–water partition coefficient (Wildman–Crippen LogP) is 7.16. The summed E-state index contributed by atoms with van der Waals surface area (Å²) in [5, 5.41) is 16.2. The van der Waals surface area contributed by atoms with Crippen LogP contribution in [0.25, 0.3) is 34.0 Å². The van der Waals surface area contributed by atoms with E-state index in [4.69, 9.17) is 28.9 Å². The number of esters is 2. The predicted molar refractivity (Wildman–Crippen MR) is 338 cm³/mol. The van der Waals surface area contributed by atoms with Crippen molar-refractivity contribution in [1.29, 1.82) is 0 Å². The molecule has 10 atom stereocenters. The van der Waals surface area contributed by atoms with Crippen molar-refractivity contribution < 1.29 is 57.3 Å². The van der Waals surface area contributed by atoms with Gasteiger partial charge in [0.25, 0.3) is 23.6 Å². The minimum absolute atomic E-state index is 0.238. The normalized spacial score (nSPS) is 30.6. The van der Waals surface area contributed by atoms with Crippen molar-refractivity contribution in [3.8, 4) is 0 Å². The number of hydrogen-bond donors (Lipinski definition) is 6. The highest BCUT2D eigenvalue weighted by Gasteiger charge is 2.49. The number of rotatable bonds is 2. The number of hydrogen-bond acceptors (Lipinski definition) is 16. The van der Waals surface area contributed by atoms with Crippen molar-refractivity contribution in [2.75, 3.05) is 26.3 Å². The Hall–Kier alpha value is -7.66. The molecule has 6 aliphatic rings. The molecule has 6 amide bonds. The van der Waals surface area contributed by atoms with E-state index < -0.39 is 82.2 Å². The molecule has 2 aromatic heterocycles. The number of carbonyl (C=O) groups excluding carboxylic acids is 8. The van der Waals surface area contributed by atoms with Gasteiger partial charge in [-0.15, -0.1) is 0 Å². The van der Waals surface area contributed by atoms with E-state index >= 15 is 0 Å². The molecule has 0 aliphatic carbocycles. The summed E-state index contributed by atoms with van der Waals surface area (Å²) in [6.07, 6.45) is 9.16. The molecule has 2 spiro atoms. The van der Waals surface area contributed by atoms with E-state index in [2.05, 4.69) is 32.1 Å². The first kappa shape index (κ1) is 66.8. The molecule has 4 fully saturated rings. The number of aromatic nitrogens is 2. The monoisotopic (exact) mass is 1240 g/mol. The van der Waals surface area contributed by atoms with Gasteiger partial charge in [-0.2, -0.15) is 0 Å². The van der Waals surface area contributed by atoms with Gasteiger partial charge in [0.1, 0.15) is 24.2 Å². The van der Waals surface area contributed by atoms with Crippen LogP contribution < -0.4 is 32.1 Å². The molecule has 1 unspecified atom stereocenters. The van der Waals surface area contributed by atoms with E-state index in [9.17, 15) is 38.4 Å². The molecule has 10 bridgehead atoms. The van der Waals surface area contributed by atoms with Gasteiger partial charge >= 0.3 is 11.9 Å². The molecule has 22 nitrogen and oxygen atoms in total. The average molecular weight is 1240 g/mol. The summed E-state index contributed by atoms with van der Waals surface area (Å²) in [6.45, 7) is 23.4. The van der Waals surface area contributed by atoms with Gasteiger partial charge in [-0.05, 0) is 154 Å². The molecule has 0 radical (unpaired) electrons. The maximum atomic E-state index is 14.1. The summed E-state index contributed by atoms with van der Waals surface area (Å²) in [6, 6.07) is 15.7. The van der Waals surface area contributed by atoms with E-state index in [1.54, 1.807) is 41.5 Å². The van der Waals surface area contributed by atoms with Crippen LogP contribution in [0.3, 0.4) is 0 Å². The molecular formula is C68H90N10O12. The second kappa shape index (κ2) is 27.4. The van der Waals surface area contributed by atoms with Crippen LogP contribution in [0.5, 0.6) is 0 Å². The zero-order valence-corrected chi connectivity index (χ0v) is 54.0. The van der Waals surface area contributed by atoms with Crippen LogP contribution in [0.2, 0.25) is 0 Å². The molecule has 6 aliphatic heterocycles. The van der Waals surface area contributed by atoms with Gasteiger partial charge < -0.3 is 40.2 Å². The summed E-state index contributed by atoms with van der Waals surface area (Å²) in [4.78, 5) is 118. The fourth-order valence-corrected chi connectivity index (χ4v) is 12.8. The Morgan fingerprint density at radius 2 is 0.867 bits per heavy atom. The van der Waals surface area contributed by atoms with Crippen molar-refractivity contribution >= 4 is 81.3 Å². The van der Waals surface area contributed by atoms with Crippen LogP contribution in [-0.4, -0.2) is 141 Å². The summed E-state index contributed by atoms with van der Waals surface area (Å²) in [5.41, 5.74) is 7.44. The van der Waals surface area contributed by atoms with Crippen molar-refractivity contribution in [3.05, 3.63) is 95.3 Å². The first-order valence-corrected chi connectivity index (χ1v) is 31.8. The first-order chi connectivity index (χ1) is 42.5. The van der Waals surface area contributed by atoms with Crippen LogP contribution in [0.15, 0.2) is 72.8 Å². The van der Waals surface area contributed by atoms with Gasteiger partial charge in [0.05, 0.1) is 56.5 Å². The number of fused-ring (bicyclic) bond motifs is 8. The Balaban J connectivity index is 0.000000213. The minimum Gasteiger partial charge on any atom is -0.451 e. The Bertz CT molecular complexity index is 3230. The van der Waals surface area contributed by atoms with Crippen molar-refractivity contribution in [2.45, 2.75) is 194 Å². The highest BCUT2D eigenvalue weighted by atomic mass is 16.6. The highest BCUT2D eigenvalue weighted by molar-refractivity contribution is 5.94. The summed E-state index contributed by atoms with van der Waals surface area (Å²) < 4.78 is 24.0. The quantitative estimate of drug-likeness (QED) is 0.109. The lowest BCUT2D eigenvalue weighted by molar-refractivity contribution is -0.177. The van der Waals surface area contributed by atoms with E-state index in [1.165, 1.54) is 10.0 Å². The van der Waals surface area contributed by atoms with E-state index in [1.807, 2.05) is 127 Å². The minimum atomic E-state index is -1.12. The smallest absolute Gasteiger partial charge is 0.316 e. The highest BCUT2D eigenvalue weighted by Crippen LogP contribution is 2.44. The Morgan fingerprint density at radius 3 is 1.23 bits per heavy atom. The molecule has 8 heterocycles. The third-order valence-electron chi connectivity index (χ3n) is 17.8. The maximum absolute atomic E-state index is 14.1. The number of benzene rings is 2. The fraction of sp³-hybridized carbons (Fsp3) is 0.559. The third-order valence-corrected chi connectivity index (χ3v) is 17.8. The molecule has 6 N–H and O–H groups in total. The molecule has 10 rings (SSSR count). The van der Waals surface area contributed by atoms with Crippen molar-refractivity contribution in [2.24, 2.45) is 22.7 Å². The molecule has 0 saturated carbocycles. The molecule has 4 aromatic rings. The zero-order valence-electron chi connectivity index (χ0n) is 54.0. The number of hydrazine groups is 2. The fourth-order valence-electron chi connectivity index (χ4n) is 12.8. The van der Waals surface area contributed by atoms with Crippen molar-refractivity contribution in [1.82, 2.24) is 52.1 Å². The van der Waals surface area contributed by atoms with Crippen LogP contribution in [-0.2, 0) is 57.3 Å². The van der Waals surface area contributed by atoms with Crippen LogP contribution in [0, 0.1) is 22.7 Å². The standard InChI is InChI=1S/2C34H45N5O6/c2*1-20(2)28-30(41)36-22(4)31(42)39-16-7-8-26(38-39)29(40)35-21(3)25-12-11-24-10-9-23(18-27(24)37-25)13-14-34(32(43)45-28)15-17-44-33(5,6)19-34/h2*9-14,18,20-22,26,28,38H,7-8,15-17,19H2,1-6H3,(H,35,40)(H,36,41)/b2*14-13+/t21-,22+,26+,28+,34?;21-,22+,26+,28+,34+/m11/s1. The lowest BCUT2D eigenvalue weighted by Gasteiger charge is -2.42. The van der Waals surface area contributed by atoms with Gasteiger partial charge in [0, 0.05) is 37.1 Å². The summed E-state index contributed by atoms with van der Waals surface area (Å²) in [7, 11) is 0. The second-order valence-corrected chi connectivity index (χ2v) is 27.1. The van der Waals surface area contributed by atoms with Crippen LogP contribution in [0.4, 0.5) is 0 Å². The first-order valence-electron chi connectivity index (χ1n) is 31.8. The molecule has 484 valence electrons. The maximum Gasteiger partial charge on any atom is 0.316 e. The Morgan fingerprint density at radius 1 is 0.500 bits per heavy atom. The zero-order chi connectivity index (χ0) is 65.0. The molecule has 90 heavy (non-hydrogen) atoms. The van der Waals surface area contributed by atoms with Gasteiger partial charge in [0.2, 0.25) is 11.8 Å². The van der Waals surface area contributed by atoms with E-state index in [0.29, 0.717) is 89.1 Å². The van der Waals surface area contributed by atoms with Gasteiger partial charge in [-0.1, -0.05) is 88.4 Å². The number of pyridine rings is 2. The Kier molecular flexibility index (Phi) is 20.3. The molecule has 22 heteroatoms. The van der Waals surface area contributed by atoms with Gasteiger partial charge in [-0.3, -0.25) is 58.3 Å². The lowest BCUT2D eigenvalue weighted by Crippen LogP contribution is -2.61. The largest absolute Gasteiger partial charge is 0.451 e. The second-order valence-electron chi connectivity index (χ2n) is 27.1.